The molecule has 0 radical (unpaired) electrons. The number of aliphatic carboxylic acids is 1. The Balaban J connectivity index is 1.67. The van der Waals surface area contributed by atoms with Crippen LogP contribution in [0.1, 0.15) is 98.8 Å². The van der Waals surface area contributed by atoms with Gasteiger partial charge in [0.25, 0.3) is 11.8 Å². The van der Waals surface area contributed by atoms with Gasteiger partial charge in [-0.3, -0.25) is 19.4 Å². The van der Waals surface area contributed by atoms with Gasteiger partial charge in [-0.1, -0.05) is 51.5 Å². The molecule has 1 heterocycles. The van der Waals surface area contributed by atoms with Crippen molar-refractivity contribution >= 4 is 23.5 Å². The van der Waals surface area contributed by atoms with Crippen LogP contribution < -0.4 is 5.32 Å². The lowest BCUT2D eigenvalue weighted by Gasteiger charge is -2.46. The maximum Gasteiger partial charge on any atom is 0.416 e. The molecule has 1 aliphatic carbocycles. The number of nitrogens with zero attached hydrogens (tertiary/aromatic N) is 2. The van der Waals surface area contributed by atoms with Crippen molar-refractivity contribution in [1.29, 1.82) is 0 Å². The summed E-state index contributed by atoms with van der Waals surface area (Å²) in [4.78, 5) is 44.3. The van der Waals surface area contributed by atoms with E-state index < -0.39 is 23.4 Å². The minimum Gasteiger partial charge on any atom is -0.481 e. The quantitative estimate of drug-likeness (QED) is 0.327. The van der Waals surface area contributed by atoms with Crippen molar-refractivity contribution in [3.63, 3.8) is 0 Å². The van der Waals surface area contributed by atoms with Crippen molar-refractivity contribution in [1.82, 2.24) is 10.2 Å². The molecule has 10 heteroatoms. The summed E-state index contributed by atoms with van der Waals surface area (Å²) in [6.07, 6.45) is -0.146. The number of carbonyl (C=O) groups is 3. The molecule has 2 aromatic carbocycles. The molecule has 1 atom stereocenters. The van der Waals surface area contributed by atoms with E-state index in [1.54, 1.807) is 12.1 Å². The lowest BCUT2D eigenvalue weighted by molar-refractivity contribution is -0.138. The molecule has 2 amide bonds. The zero-order valence-electron chi connectivity index (χ0n) is 24.2. The van der Waals surface area contributed by atoms with Gasteiger partial charge in [-0.15, -0.1) is 0 Å². The van der Waals surface area contributed by atoms with Gasteiger partial charge in [0.05, 0.1) is 18.0 Å². The van der Waals surface area contributed by atoms with Crippen LogP contribution in [0, 0.1) is 11.8 Å². The average Bonchev–Trinajstić information content (AvgIpc) is 3.22. The summed E-state index contributed by atoms with van der Waals surface area (Å²) in [5.41, 5.74) is 0.180. The first-order valence-corrected chi connectivity index (χ1v) is 14.6. The van der Waals surface area contributed by atoms with Crippen LogP contribution in [-0.2, 0) is 15.8 Å². The van der Waals surface area contributed by atoms with Crippen LogP contribution in [0.2, 0.25) is 0 Å². The number of alkyl halides is 3. The van der Waals surface area contributed by atoms with Crippen LogP contribution in [0.3, 0.4) is 0 Å². The maximum atomic E-state index is 14.2. The van der Waals surface area contributed by atoms with Crippen molar-refractivity contribution in [3.8, 4) is 0 Å². The molecule has 0 bridgehead atoms. The first kappa shape index (κ1) is 31.3. The molecule has 2 aliphatic rings. The van der Waals surface area contributed by atoms with Gasteiger partial charge in [0.2, 0.25) is 0 Å². The molecular formula is C32H38F3N3O4. The molecule has 7 nitrogen and oxygen atoms in total. The Bertz CT molecular complexity index is 1310. The zero-order chi connectivity index (χ0) is 30.7. The molecule has 42 heavy (non-hydrogen) atoms. The van der Waals surface area contributed by atoms with Crippen molar-refractivity contribution < 1.29 is 32.7 Å². The molecule has 1 saturated carbocycles. The Morgan fingerprint density at radius 3 is 2.21 bits per heavy atom. The molecular weight excluding hydrogens is 547 g/mol. The first-order valence-electron chi connectivity index (χ1n) is 14.6. The van der Waals surface area contributed by atoms with Crippen LogP contribution in [0.4, 0.5) is 13.2 Å². The number of carbonyl (C=O) groups excluding carboxylic acids is 2. The average molecular weight is 586 g/mol. The first-order chi connectivity index (χ1) is 19.9. The van der Waals surface area contributed by atoms with Crippen molar-refractivity contribution in [3.05, 3.63) is 70.8 Å². The highest BCUT2D eigenvalue weighted by Gasteiger charge is 2.52. The molecule has 1 spiro atoms. The van der Waals surface area contributed by atoms with Gasteiger partial charge < -0.3 is 15.3 Å². The predicted molar refractivity (Wildman–Crippen MR) is 153 cm³/mol. The van der Waals surface area contributed by atoms with Gasteiger partial charge in [0, 0.05) is 17.7 Å². The Hall–Kier alpha value is -3.69. The second kappa shape index (κ2) is 12.7. The van der Waals surface area contributed by atoms with E-state index in [1.807, 2.05) is 24.0 Å². The second-order valence-corrected chi connectivity index (χ2v) is 11.6. The molecule has 0 aromatic heterocycles. The van der Waals surface area contributed by atoms with E-state index in [0.29, 0.717) is 42.2 Å². The fourth-order valence-electron chi connectivity index (χ4n) is 6.13. The topological polar surface area (TPSA) is 99.1 Å². The standard InChI is InChI=1S/C32H38F3N3O4/c1-4-5-26(22-6-8-24(9-7-22)29(41)36-19-16-27(39)40)38-30(42)28(23-10-12-25(13-11-23)32(33,34)35)37-31(38)17-14-21(15-18-31)20(2)3/h6-13,20-21,26H,4-5,14-19H2,1-3H3,(H,36,41)(H,39,40)/t21?,26-,31?/m1/s1. The molecule has 226 valence electrons. The number of amides is 2. The number of hydrogen-bond donors (Lipinski definition) is 2. The summed E-state index contributed by atoms with van der Waals surface area (Å²) in [5, 5.41) is 11.4. The van der Waals surface area contributed by atoms with E-state index in [9.17, 15) is 27.6 Å². The highest BCUT2D eigenvalue weighted by Crippen LogP contribution is 2.48. The largest absolute Gasteiger partial charge is 0.481 e. The third kappa shape index (κ3) is 6.68. The Morgan fingerprint density at radius 2 is 1.69 bits per heavy atom. The van der Waals surface area contributed by atoms with Gasteiger partial charge in [-0.05, 0) is 73.8 Å². The van der Waals surface area contributed by atoms with E-state index in [0.717, 1.165) is 37.0 Å². The summed E-state index contributed by atoms with van der Waals surface area (Å²) in [5.74, 6) is -0.693. The van der Waals surface area contributed by atoms with Crippen LogP contribution in [0.5, 0.6) is 0 Å². The van der Waals surface area contributed by atoms with E-state index >= 15 is 0 Å². The molecule has 2 aromatic rings. The Morgan fingerprint density at radius 1 is 1.07 bits per heavy atom. The highest BCUT2D eigenvalue weighted by atomic mass is 19.4. The summed E-state index contributed by atoms with van der Waals surface area (Å²) in [6.45, 7) is 6.42. The van der Waals surface area contributed by atoms with E-state index in [2.05, 4.69) is 19.2 Å². The van der Waals surface area contributed by atoms with Gasteiger partial charge in [0.1, 0.15) is 11.4 Å². The van der Waals surface area contributed by atoms with Gasteiger partial charge in [0.15, 0.2) is 0 Å². The van der Waals surface area contributed by atoms with E-state index in [4.69, 9.17) is 10.1 Å². The lowest BCUT2D eigenvalue weighted by Crippen LogP contribution is -2.51. The van der Waals surface area contributed by atoms with Crippen LogP contribution in [0.25, 0.3) is 0 Å². The fraction of sp³-hybridized carbons (Fsp3) is 0.500. The van der Waals surface area contributed by atoms with Gasteiger partial charge in [-0.25, -0.2) is 0 Å². The molecule has 0 unspecified atom stereocenters. The number of halogens is 3. The van der Waals surface area contributed by atoms with Crippen LogP contribution in [-0.4, -0.2) is 45.7 Å². The van der Waals surface area contributed by atoms with Crippen molar-refractivity contribution in [2.75, 3.05) is 6.54 Å². The minimum absolute atomic E-state index is 0.0145. The number of nitrogens with one attached hydrogen (secondary N) is 1. The Kier molecular flexibility index (Phi) is 9.43. The Labute approximate surface area is 244 Å². The smallest absolute Gasteiger partial charge is 0.416 e. The second-order valence-electron chi connectivity index (χ2n) is 11.6. The summed E-state index contributed by atoms with van der Waals surface area (Å²) >= 11 is 0. The van der Waals surface area contributed by atoms with Gasteiger partial charge in [-0.2, -0.15) is 13.2 Å². The normalized spacial score (nSPS) is 21.5. The SMILES string of the molecule is CCC[C@H](c1ccc(C(=O)NCCC(=O)O)cc1)N1C(=O)C(c2ccc(C(F)(F)F)cc2)=NC12CCC(C(C)C)CC2. The molecule has 0 saturated heterocycles. The fourth-order valence-corrected chi connectivity index (χ4v) is 6.13. The van der Waals surface area contributed by atoms with Crippen molar-refractivity contribution in [2.24, 2.45) is 16.8 Å². The van der Waals surface area contributed by atoms with Crippen LogP contribution >= 0.6 is 0 Å². The number of carboxylic acid groups (broad SMARTS) is 1. The van der Waals surface area contributed by atoms with Crippen molar-refractivity contribution in [2.45, 2.75) is 83.6 Å². The number of benzene rings is 2. The summed E-state index contributed by atoms with van der Waals surface area (Å²) in [7, 11) is 0. The molecule has 2 N–H and O–H groups in total. The number of hydrogen-bond acceptors (Lipinski definition) is 4. The third-order valence-corrected chi connectivity index (χ3v) is 8.51. The number of aliphatic imine (C=N–C) groups is 1. The number of rotatable bonds is 10. The van der Waals surface area contributed by atoms with Gasteiger partial charge >= 0.3 is 12.1 Å². The summed E-state index contributed by atoms with van der Waals surface area (Å²) < 4.78 is 39.7. The minimum atomic E-state index is -4.48. The monoisotopic (exact) mass is 585 g/mol. The number of carboxylic acids is 1. The molecule has 4 rings (SSSR count). The van der Waals surface area contributed by atoms with Crippen LogP contribution in [0.15, 0.2) is 53.5 Å². The highest BCUT2D eigenvalue weighted by molar-refractivity contribution is 6.46. The summed E-state index contributed by atoms with van der Waals surface area (Å²) in [6, 6.07) is 11.2. The van der Waals surface area contributed by atoms with E-state index in [-0.39, 0.29) is 36.5 Å². The predicted octanol–water partition coefficient (Wildman–Crippen LogP) is 6.63. The molecule has 1 aliphatic heterocycles. The molecule has 1 fully saturated rings. The maximum absolute atomic E-state index is 14.2. The lowest BCUT2D eigenvalue weighted by atomic mass is 9.76. The third-order valence-electron chi connectivity index (χ3n) is 8.51. The van der Waals surface area contributed by atoms with E-state index in [1.165, 1.54) is 12.1 Å². The zero-order valence-corrected chi connectivity index (χ0v) is 24.2.